The van der Waals surface area contributed by atoms with Gasteiger partial charge in [-0.05, 0) is 31.7 Å². The van der Waals surface area contributed by atoms with E-state index in [0.29, 0.717) is 12.8 Å². The summed E-state index contributed by atoms with van der Waals surface area (Å²) in [4.78, 5) is 0. The second-order valence-corrected chi connectivity index (χ2v) is 8.34. The zero-order valence-electron chi connectivity index (χ0n) is 10.9. The molecule has 2 atom stereocenters. The molecule has 0 amide bonds. The Bertz CT molecular complexity index is 622. The molecular weight excluding hydrogens is 286 g/mol. The summed E-state index contributed by atoms with van der Waals surface area (Å²) in [6.45, 7) is 0. The predicted molar refractivity (Wildman–Crippen MR) is 69.8 cm³/mol. The lowest BCUT2D eigenvalue weighted by molar-refractivity contribution is 0.00178. The van der Waals surface area contributed by atoms with Crippen LogP contribution in [-0.2, 0) is 15.4 Å². The van der Waals surface area contributed by atoms with Crippen molar-refractivity contribution in [3.8, 4) is 0 Å². The number of hydrogen-bond acceptors (Lipinski definition) is 3. The van der Waals surface area contributed by atoms with Crippen LogP contribution in [0.5, 0.6) is 0 Å². The van der Waals surface area contributed by atoms with Gasteiger partial charge >= 0.3 is 0 Å². The molecule has 6 heteroatoms. The molecule has 110 valence electrons. The first kappa shape index (κ1) is 13.9. The summed E-state index contributed by atoms with van der Waals surface area (Å²) < 4.78 is 51.3. The van der Waals surface area contributed by atoms with Gasteiger partial charge in [0.05, 0.1) is 16.1 Å². The number of sulfone groups is 1. The molecule has 2 aliphatic rings. The third-order valence-electron chi connectivity index (χ3n) is 4.54. The van der Waals surface area contributed by atoms with Gasteiger partial charge in [-0.15, -0.1) is 0 Å². The topological polar surface area (TPSA) is 54.4 Å². The summed E-state index contributed by atoms with van der Waals surface area (Å²) in [5.74, 6) is -1.52. The maximum Gasteiger partial charge on any atom is 0.156 e. The number of halogens is 2. The van der Waals surface area contributed by atoms with Crippen molar-refractivity contribution in [1.82, 2.24) is 0 Å². The SMILES string of the molecule is O=S1(=O)C2CCCC1CC(O)(c1ccc(F)cc1F)C2. The Kier molecular flexibility index (Phi) is 3.14. The maximum atomic E-state index is 13.9. The molecule has 3 nitrogen and oxygen atoms in total. The van der Waals surface area contributed by atoms with E-state index in [1.807, 2.05) is 0 Å². The summed E-state index contributed by atoms with van der Waals surface area (Å²) in [5, 5.41) is 9.48. The summed E-state index contributed by atoms with van der Waals surface area (Å²) in [6, 6.07) is 3.04. The van der Waals surface area contributed by atoms with Crippen molar-refractivity contribution in [2.75, 3.05) is 0 Å². The van der Waals surface area contributed by atoms with Gasteiger partial charge in [-0.1, -0.05) is 12.5 Å². The van der Waals surface area contributed by atoms with Crippen molar-refractivity contribution in [2.24, 2.45) is 0 Å². The largest absolute Gasteiger partial charge is 0.385 e. The van der Waals surface area contributed by atoms with Gasteiger partial charge < -0.3 is 5.11 Å². The van der Waals surface area contributed by atoms with Crippen LogP contribution in [0.25, 0.3) is 0 Å². The molecule has 0 radical (unpaired) electrons. The Hall–Kier alpha value is -1.01. The highest BCUT2D eigenvalue weighted by molar-refractivity contribution is 7.92. The lowest BCUT2D eigenvalue weighted by Crippen LogP contribution is -2.50. The quantitative estimate of drug-likeness (QED) is 0.866. The maximum absolute atomic E-state index is 13.9. The van der Waals surface area contributed by atoms with E-state index in [1.54, 1.807) is 0 Å². The Morgan fingerprint density at radius 1 is 1.15 bits per heavy atom. The molecule has 1 aromatic carbocycles. The molecule has 0 aromatic heterocycles. The number of rotatable bonds is 1. The molecule has 2 heterocycles. The fourth-order valence-corrected chi connectivity index (χ4v) is 6.08. The summed E-state index contributed by atoms with van der Waals surface area (Å²) >= 11 is 0. The molecule has 1 N–H and O–H groups in total. The lowest BCUT2D eigenvalue weighted by Gasteiger charge is -2.44. The molecule has 2 saturated heterocycles. The fourth-order valence-electron chi connectivity index (χ4n) is 3.53. The molecule has 0 spiro atoms. The van der Waals surface area contributed by atoms with Gasteiger partial charge in [0.2, 0.25) is 0 Å². The van der Waals surface area contributed by atoms with E-state index in [2.05, 4.69) is 0 Å². The standard InChI is InChI=1S/C14H16F2O3S/c15-9-4-5-12(13(16)6-9)14(17)7-10-2-1-3-11(8-14)20(10,18)19/h4-6,10-11,17H,1-3,7-8H2. The molecule has 1 aromatic rings. The van der Waals surface area contributed by atoms with Crippen molar-refractivity contribution < 1.29 is 22.3 Å². The van der Waals surface area contributed by atoms with Gasteiger partial charge in [0, 0.05) is 11.6 Å². The summed E-state index contributed by atoms with van der Waals surface area (Å²) in [6.07, 6.45) is 1.81. The van der Waals surface area contributed by atoms with Crippen molar-refractivity contribution in [1.29, 1.82) is 0 Å². The zero-order valence-corrected chi connectivity index (χ0v) is 11.7. The van der Waals surface area contributed by atoms with E-state index in [9.17, 15) is 22.3 Å². The Morgan fingerprint density at radius 2 is 1.75 bits per heavy atom. The third kappa shape index (κ3) is 2.05. The minimum Gasteiger partial charge on any atom is -0.385 e. The first-order valence-electron chi connectivity index (χ1n) is 6.73. The van der Waals surface area contributed by atoms with Crippen LogP contribution in [-0.4, -0.2) is 24.0 Å². The van der Waals surface area contributed by atoms with Crippen molar-refractivity contribution in [2.45, 2.75) is 48.2 Å². The predicted octanol–water partition coefficient (Wildman–Crippen LogP) is 2.28. The number of benzene rings is 1. The average Bonchev–Trinajstić information content (AvgIpc) is 2.31. The molecule has 2 bridgehead atoms. The summed E-state index contributed by atoms with van der Waals surface area (Å²) in [5.41, 5.74) is -1.51. The molecule has 2 fully saturated rings. The highest BCUT2D eigenvalue weighted by atomic mass is 32.2. The molecule has 0 aliphatic carbocycles. The Labute approximate surface area is 116 Å². The highest BCUT2D eigenvalue weighted by Crippen LogP contribution is 2.46. The van der Waals surface area contributed by atoms with Crippen LogP contribution in [0.4, 0.5) is 8.78 Å². The van der Waals surface area contributed by atoms with E-state index in [4.69, 9.17) is 0 Å². The number of fused-ring (bicyclic) bond motifs is 2. The van der Waals surface area contributed by atoms with E-state index in [0.717, 1.165) is 18.6 Å². The van der Waals surface area contributed by atoms with Crippen LogP contribution in [0.1, 0.15) is 37.7 Å². The highest BCUT2D eigenvalue weighted by Gasteiger charge is 2.51. The van der Waals surface area contributed by atoms with Crippen LogP contribution in [0.3, 0.4) is 0 Å². The van der Waals surface area contributed by atoms with Gasteiger partial charge in [0.15, 0.2) is 9.84 Å². The molecule has 2 unspecified atom stereocenters. The molecule has 3 rings (SSSR count). The fraction of sp³-hybridized carbons (Fsp3) is 0.571. The van der Waals surface area contributed by atoms with Crippen molar-refractivity contribution >= 4 is 9.84 Å². The van der Waals surface area contributed by atoms with E-state index < -0.39 is 37.6 Å². The van der Waals surface area contributed by atoms with Crippen LogP contribution in [0, 0.1) is 11.6 Å². The van der Waals surface area contributed by atoms with Crippen molar-refractivity contribution in [3.05, 3.63) is 35.4 Å². The normalized spacial score (nSPS) is 35.8. The van der Waals surface area contributed by atoms with E-state index in [1.165, 1.54) is 6.07 Å². The minimum atomic E-state index is -3.22. The van der Waals surface area contributed by atoms with Crippen LogP contribution < -0.4 is 0 Å². The van der Waals surface area contributed by atoms with E-state index in [-0.39, 0.29) is 18.4 Å². The average molecular weight is 302 g/mol. The smallest absolute Gasteiger partial charge is 0.156 e. The van der Waals surface area contributed by atoms with Gasteiger partial charge in [0.25, 0.3) is 0 Å². The second-order valence-electron chi connectivity index (χ2n) is 5.83. The Morgan fingerprint density at radius 3 is 2.30 bits per heavy atom. The first-order valence-corrected chi connectivity index (χ1v) is 8.34. The first-order chi connectivity index (χ1) is 9.33. The number of aliphatic hydroxyl groups is 1. The minimum absolute atomic E-state index is 0.00528. The molecule has 2 aliphatic heterocycles. The van der Waals surface area contributed by atoms with E-state index >= 15 is 0 Å². The molecule has 0 saturated carbocycles. The zero-order chi connectivity index (χ0) is 14.5. The van der Waals surface area contributed by atoms with Crippen LogP contribution in [0.15, 0.2) is 18.2 Å². The molecular formula is C14H16F2O3S. The van der Waals surface area contributed by atoms with Crippen molar-refractivity contribution in [3.63, 3.8) is 0 Å². The monoisotopic (exact) mass is 302 g/mol. The van der Waals surface area contributed by atoms with Gasteiger partial charge in [-0.25, -0.2) is 17.2 Å². The lowest BCUT2D eigenvalue weighted by atomic mass is 9.80. The molecule has 20 heavy (non-hydrogen) atoms. The number of hydrogen-bond donors (Lipinski definition) is 1. The second kappa shape index (κ2) is 4.49. The van der Waals surface area contributed by atoms with Gasteiger partial charge in [0.1, 0.15) is 11.6 Å². The van der Waals surface area contributed by atoms with Crippen LogP contribution in [0.2, 0.25) is 0 Å². The van der Waals surface area contributed by atoms with Crippen LogP contribution >= 0.6 is 0 Å². The Balaban J connectivity index is 2.02. The third-order valence-corrected chi connectivity index (χ3v) is 7.21. The summed E-state index contributed by atoms with van der Waals surface area (Å²) in [7, 11) is -3.22. The van der Waals surface area contributed by atoms with Gasteiger partial charge in [-0.3, -0.25) is 0 Å². The van der Waals surface area contributed by atoms with Gasteiger partial charge in [-0.2, -0.15) is 0 Å².